The van der Waals surface area contributed by atoms with Gasteiger partial charge >= 0.3 is 11.6 Å². The molecule has 0 atom stereocenters. The third kappa shape index (κ3) is 3.85. The van der Waals surface area contributed by atoms with Crippen molar-refractivity contribution in [2.45, 2.75) is 13.8 Å². The van der Waals surface area contributed by atoms with Crippen molar-refractivity contribution in [3.63, 3.8) is 0 Å². The zero-order valence-corrected chi connectivity index (χ0v) is 15.6. The summed E-state index contributed by atoms with van der Waals surface area (Å²) in [5.74, 6) is -0.775. The van der Waals surface area contributed by atoms with Gasteiger partial charge in [0, 0.05) is 5.39 Å². The lowest BCUT2D eigenvalue weighted by Crippen LogP contribution is -2.21. The lowest BCUT2D eigenvalue weighted by Gasteiger charge is -2.08. The van der Waals surface area contributed by atoms with Crippen molar-refractivity contribution in [2.24, 2.45) is 0 Å². The topological polar surface area (TPSA) is 94.8 Å². The Balaban J connectivity index is 1.93. The molecule has 7 nitrogen and oxygen atoms in total. The number of ether oxygens (including phenoxy) is 2. The van der Waals surface area contributed by atoms with Gasteiger partial charge in [-0.05, 0) is 37.4 Å². The number of thiophene rings is 1. The molecular weight excluding hydrogens is 370 g/mol. The maximum absolute atomic E-state index is 12.6. The predicted octanol–water partition coefficient (Wildman–Crippen LogP) is 3.68. The molecular formula is C19H17NO6S. The largest absolute Gasteiger partial charge is 0.490 e. The number of fused-ring (bicyclic) bond motifs is 1. The number of rotatable bonds is 6. The predicted molar refractivity (Wildman–Crippen MR) is 102 cm³/mol. The molecule has 27 heavy (non-hydrogen) atoms. The van der Waals surface area contributed by atoms with Gasteiger partial charge in [0.05, 0.1) is 18.8 Å². The maximum Gasteiger partial charge on any atom is 0.349 e. The summed E-state index contributed by atoms with van der Waals surface area (Å²) in [6.07, 6.45) is 0. The average Bonchev–Trinajstić information content (AvgIpc) is 3.10. The molecule has 2 heterocycles. The van der Waals surface area contributed by atoms with Crippen molar-refractivity contribution in [3.05, 3.63) is 57.3 Å². The van der Waals surface area contributed by atoms with Gasteiger partial charge in [-0.2, -0.15) is 0 Å². The van der Waals surface area contributed by atoms with Crippen LogP contribution in [0.1, 0.15) is 34.6 Å². The minimum absolute atomic E-state index is 0.167. The molecule has 0 spiro atoms. The van der Waals surface area contributed by atoms with E-state index in [0.29, 0.717) is 22.7 Å². The first-order valence-electron chi connectivity index (χ1n) is 8.30. The number of para-hydroxylation sites is 1. The molecule has 3 rings (SSSR count). The van der Waals surface area contributed by atoms with E-state index in [9.17, 15) is 14.4 Å². The second-order valence-corrected chi connectivity index (χ2v) is 6.31. The Morgan fingerprint density at radius 2 is 1.96 bits per heavy atom. The van der Waals surface area contributed by atoms with Gasteiger partial charge in [0.15, 0.2) is 11.3 Å². The molecule has 2 aromatic heterocycles. The normalized spacial score (nSPS) is 10.6. The van der Waals surface area contributed by atoms with Crippen LogP contribution in [0, 0.1) is 0 Å². The van der Waals surface area contributed by atoms with Crippen molar-refractivity contribution in [1.82, 2.24) is 0 Å². The van der Waals surface area contributed by atoms with Crippen molar-refractivity contribution in [1.29, 1.82) is 0 Å². The molecule has 0 aliphatic heterocycles. The van der Waals surface area contributed by atoms with Gasteiger partial charge in [-0.3, -0.25) is 4.79 Å². The van der Waals surface area contributed by atoms with Gasteiger partial charge in [0.1, 0.15) is 10.6 Å². The van der Waals surface area contributed by atoms with E-state index >= 15 is 0 Å². The van der Waals surface area contributed by atoms with E-state index in [-0.39, 0.29) is 23.3 Å². The van der Waals surface area contributed by atoms with Crippen LogP contribution in [-0.4, -0.2) is 25.1 Å². The van der Waals surface area contributed by atoms with Crippen molar-refractivity contribution >= 4 is 39.2 Å². The fourth-order valence-corrected chi connectivity index (χ4v) is 3.26. The first kappa shape index (κ1) is 18.7. The molecule has 0 aliphatic carbocycles. The van der Waals surface area contributed by atoms with E-state index < -0.39 is 17.5 Å². The van der Waals surface area contributed by atoms with Crippen molar-refractivity contribution in [2.75, 3.05) is 18.5 Å². The molecule has 0 fully saturated rings. The fourth-order valence-electron chi connectivity index (χ4n) is 2.49. The Morgan fingerprint density at radius 3 is 2.70 bits per heavy atom. The number of anilines is 1. The van der Waals surface area contributed by atoms with E-state index in [1.165, 1.54) is 6.07 Å². The minimum Gasteiger partial charge on any atom is -0.490 e. The second-order valence-electron chi connectivity index (χ2n) is 5.39. The molecule has 0 bridgehead atoms. The molecule has 1 N–H and O–H groups in total. The molecule has 0 saturated carbocycles. The monoisotopic (exact) mass is 387 g/mol. The summed E-state index contributed by atoms with van der Waals surface area (Å²) in [6, 6.07) is 8.14. The molecule has 140 valence electrons. The zero-order chi connectivity index (χ0) is 19.4. The quantitative estimate of drug-likeness (QED) is 0.512. The van der Waals surface area contributed by atoms with E-state index in [1.807, 2.05) is 6.92 Å². The Kier molecular flexibility index (Phi) is 5.56. The van der Waals surface area contributed by atoms with Gasteiger partial charge in [0.25, 0.3) is 5.91 Å². The Hall–Kier alpha value is -3.13. The zero-order valence-electron chi connectivity index (χ0n) is 14.7. The third-order valence-electron chi connectivity index (χ3n) is 3.66. The molecule has 0 saturated heterocycles. The number of benzene rings is 1. The average molecular weight is 387 g/mol. The summed E-state index contributed by atoms with van der Waals surface area (Å²) in [6.45, 7) is 4.15. The van der Waals surface area contributed by atoms with Gasteiger partial charge in [-0.25, -0.2) is 9.59 Å². The lowest BCUT2D eigenvalue weighted by molar-refractivity contribution is 0.0528. The summed E-state index contributed by atoms with van der Waals surface area (Å²) in [4.78, 5) is 36.8. The van der Waals surface area contributed by atoms with Gasteiger partial charge < -0.3 is 19.2 Å². The summed E-state index contributed by atoms with van der Waals surface area (Å²) in [5.41, 5.74) is -0.441. The maximum atomic E-state index is 12.6. The van der Waals surface area contributed by atoms with E-state index in [4.69, 9.17) is 13.9 Å². The second kappa shape index (κ2) is 8.05. The van der Waals surface area contributed by atoms with Crippen LogP contribution in [0.5, 0.6) is 5.75 Å². The molecule has 8 heteroatoms. The minimum atomic E-state index is -0.790. The summed E-state index contributed by atoms with van der Waals surface area (Å²) in [7, 11) is 0. The van der Waals surface area contributed by atoms with Crippen LogP contribution in [0.2, 0.25) is 0 Å². The SMILES string of the molecule is CCOC(=O)c1ccsc1NC(=O)c1cc2cccc(OCC)c2oc1=O. The molecule has 0 aliphatic rings. The van der Waals surface area contributed by atoms with Crippen LogP contribution in [-0.2, 0) is 4.74 Å². The number of hydrogen-bond acceptors (Lipinski definition) is 7. The van der Waals surface area contributed by atoms with Crippen LogP contribution >= 0.6 is 11.3 Å². The van der Waals surface area contributed by atoms with E-state index in [1.54, 1.807) is 36.6 Å². The number of carbonyl (C=O) groups excluding carboxylic acids is 2. The van der Waals surface area contributed by atoms with Crippen LogP contribution < -0.4 is 15.7 Å². The van der Waals surface area contributed by atoms with Gasteiger partial charge in [0.2, 0.25) is 0 Å². The van der Waals surface area contributed by atoms with Crippen molar-refractivity contribution in [3.8, 4) is 5.75 Å². The Bertz CT molecular complexity index is 1050. The molecule has 0 unspecified atom stereocenters. The first-order valence-corrected chi connectivity index (χ1v) is 9.18. The van der Waals surface area contributed by atoms with E-state index in [2.05, 4.69) is 5.32 Å². The Morgan fingerprint density at radius 1 is 1.15 bits per heavy atom. The standard InChI is InChI=1S/C19H17NO6S/c1-3-24-14-7-5-6-11-10-13(19(23)26-15(11)14)16(21)20-17-12(8-9-27-17)18(22)25-4-2/h5-10H,3-4H2,1-2H3,(H,20,21). The third-order valence-corrected chi connectivity index (χ3v) is 4.49. The smallest absolute Gasteiger partial charge is 0.349 e. The van der Waals surface area contributed by atoms with Crippen LogP contribution in [0.25, 0.3) is 11.0 Å². The number of carbonyl (C=O) groups is 2. The summed E-state index contributed by atoms with van der Waals surface area (Å²) < 4.78 is 15.7. The molecule has 3 aromatic rings. The van der Waals surface area contributed by atoms with E-state index in [0.717, 1.165) is 11.3 Å². The Labute approximate surface area is 158 Å². The summed E-state index contributed by atoms with van der Waals surface area (Å²) >= 11 is 1.16. The number of nitrogens with one attached hydrogen (secondary N) is 1. The molecule has 1 aromatic carbocycles. The number of esters is 1. The highest BCUT2D eigenvalue weighted by Crippen LogP contribution is 2.27. The molecule has 1 amide bonds. The van der Waals surface area contributed by atoms with Gasteiger partial charge in [-0.1, -0.05) is 12.1 Å². The van der Waals surface area contributed by atoms with Crippen LogP contribution in [0.3, 0.4) is 0 Å². The molecule has 0 radical (unpaired) electrons. The highest BCUT2D eigenvalue weighted by atomic mass is 32.1. The first-order chi connectivity index (χ1) is 13.0. The van der Waals surface area contributed by atoms with Crippen LogP contribution in [0.4, 0.5) is 5.00 Å². The van der Waals surface area contributed by atoms with Gasteiger partial charge in [-0.15, -0.1) is 11.3 Å². The van der Waals surface area contributed by atoms with Crippen LogP contribution in [0.15, 0.2) is 44.9 Å². The number of hydrogen-bond donors (Lipinski definition) is 1. The highest BCUT2D eigenvalue weighted by Gasteiger charge is 2.20. The summed E-state index contributed by atoms with van der Waals surface area (Å²) in [5, 5.41) is 5.10. The highest BCUT2D eigenvalue weighted by molar-refractivity contribution is 7.14. The fraction of sp³-hybridized carbons (Fsp3) is 0.211. The number of amides is 1. The van der Waals surface area contributed by atoms with Crippen molar-refractivity contribution < 1.29 is 23.5 Å². The lowest BCUT2D eigenvalue weighted by atomic mass is 10.1.